The largest absolute Gasteiger partial charge is 0.373 e. The van der Waals surface area contributed by atoms with Crippen molar-refractivity contribution in [3.63, 3.8) is 0 Å². The van der Waals surface area contributed by atoms with E-state index >= 15 is 0 Å². The van der Waals surface area contributed by atoms with Crippen LogP contribution in [0.1, 0.15) is 17.6 Å². The quantitative estimate of drug-likeness (QED) is 0.766. The summed E-state index contributed by atoms with van der Waals surface area (Å²) in [4.78, 5) is 15.0. The molecule has 6 nitrogen and oxygen atoms in total. The van der Waals surface area contributed by atoms with E-state index in [1.165, 1.54) is 29.2 Å². The third-order valence-corrected chi connectivity index (χ3v) is 4.65. The molecule has 0 bridgehead atoms. The van der Waals surface area contributed by atoms with E-state index in [2.05, 4.69) is 29.5 Å². The molecule has 0 amide bonds. The number of alkyl halides is 2. The first-order valence-electron chi connectivity index (χ1n) is 7.65. The van der Waals surface area contributed by atoms with E-state index in [-0.39, 0.29) is 5.56 Å². The van der Waals surface area contributed by atoms with Crippen LogP contribution in [0.25, 0.3) is 11.5 Å². The highest BCUT2D eigenvalue weighted by Crippen LogP contribution is 2.30. The molecule has 4 rings (SSSR count). The first kappa shape index (κ1) is 15.8. The van der Waals surface area contributed by atoms with Gasteiger partial charge in [-0.1, -0.05) is 0 Å². The molecule has 0 spiro atoms. The van der Waals surface area contributed by atoms with Crippen molar-refractivity contribution < 1.29 is 8.78 Å². The van der Waals surface area contributed by atoms with Gasteiger partial charge in [-0.25, -0.2) is 13.8 Å². The fraction of sp³-hybridized carbons (Fsp3) is 0.250. The van der Waals surface area contributed by atoms with Crippen LogP contribution in [0.15, 0.2) is 30.6 Å². The van der Waals surface area contributed by atoms with Crippen LogP contribution < -0.4 is 10.2 Å². The van der Waals surface area contributed by atoms with E-state index < -0.39 is 6.43 Å². The summed E-state index contributed by atoms with van der Waals surface area (Å²) in [7, 11) is 2.04. The molecule has 0 atom stereocenters. The average molecular weight is 360 g/mol. The number of likely N-dealkylation sites (N-methyl/N-ethyl adjacent to an activating group) is 1. The van der Waals surface area contributed by atoms with E-state index in [1.54, 1.807) is 0 Å². The van der Waals surface area contributed by atoms with Crippen molar-refractivity contribution in [2.45, 2.75) is 12.8 Å². The number of anilines is 3. The van der Waals surface area contributed by atoms with Crippen LogP contribution in [0.4, 0.5) is 25.4 Å². The summed E-state index contributed by atoms with van der Waals surface area (Å²) in [6.07, 6.45) is 1.44. The molecule has 0 aromatic carbocycles. The van der Waals surface area contributed by atoms with E-state index in [0.29, 0.717) is 16.8 Å². The molecule has 25 heavy (non-hydrogen) atoms. The van der Waals surface area contributed by atoms with Gasteiger partial charge in [0, 0.05) is 36.9 Å². The maximum Gasteiger partial charge on any atom is 0.265 e. The lowest BCUT2D eigenvalue weighted by Crippen LogP contribution is -2.12. The lowest BCUT2D eigenvalue weighted by molar-refractivity contribution is 0.151. The summed E-state index contributed by atoms with van der Waals surface area (Å²) < 4.78 is 29.4. The Morgan fingerprint density at radius 1 is 1.24 bits per heavy atom. The number of fused-ring (bicyclic) bond motifs is 1. The summed E-state index contributed by atoms with van der Waals surface area (Å²) in [6.45, 7) is 0.984. The number of pyridine rings is 2. The Morgan fingerprint density at radius 3 is 2.88 bits per heavy atom. The Hall–Kier alpha value is -2.68. The molecule has 1 N–H and O–H groups in total. The molecule has 4 heterocycles. The minimum Gasteiger partial charge on any atom is -0.373 e. The van der Waals surface area contributed by atoms with E-state index in [0.717, 1.165) is 30.5 Å². The molecule has 0 aliphatic carbocycles. The molecule has 3 aromatic heterocycles. The molecule has 0 fully saturated rings. The number of rotatable bonds is 4. The van der Waals surface area contributed by atoms with Gasteiger partial charge in [-0.15, -0.1) is 0 Å². The third-order valence-electron chi connectivity index (χ3n) is 4.02. The molecule has 0 radical (unpaired) electrons. The van der Waals surface area contributed by atoms with Gasteiger partial charge in [-0.05, 0) is 30.2 Å². The Labute approximate surface area is 146 Å². The van der Waals surface area contributed by atoms with E-state index in [4.69, 9.17) is 0 Å². The van der Waals surface area contributed by atoms with Gasteiger partial charge < -0.3 is 10.2 Å². The summed E-state index contributed by atoms with van der Waals surface area (Å²) in [5.74, 6) is 0.977. The van der Waals surface area contributed by atoms with Crippen molar-refractivity contribution >= 4 is 28.2 Å². The number of nitrogens with one attached hydrogen (secondary N) is 1. The number of halogens is 2. The lowest BCUT2D eigenvalue weighted by atomic mass is 10.2. The van der Waals surface area contributed by atoms with Crippen molar-refractivity contribution in [3.8, 4) is 11.5 Å². The van der Waals surface area contributed by atoms with Gasteiger partial charge in [0.1, 0.15) is 11.5 Å². The number of hydrogen-bond acceptors (Lipinski definition) is 7. The topological polar surface area (TPSA) is 66.8 Å². The zero-order chi connectivity index (χ0) is 17.4. The summed E-state index contributed by atoms with van der Waals surface area (Å²) in [6, 6.07) is 4.84. The second kappa shape index (κ2) is 6.32. The summed E-state index contributed by atoms with van der Waals surface area (Å²) in [5.41, 5.74) is 2.98. The van der Waals surface area contributed by atoms with Crippen molar-refractivity contribution in [1.82, 2.24) is 19.3 Å². The Bertz CT molecular complexity index is 896. The normalized spacial score (nSPS) is 13.4. The second-order valence-electron chi connectivity index (χ2n) is 5.70. The molecule has 1 aliphatic rings. The van der Waals surface area contributed by atoms with Gasteiger partial charge in [-0.2, -0.15) is 9.36 Å². The zero-order valence-electron chi connectivity index (χ0n) is 13.3. The van der Waals surface area contributed by atoms with Crippen molar-refractivity contribution in [2.75, 3.05) is 23.8 Å². The van der Waals surface area contributed by atoms with Crippen LogP contribution in [-0.4, -0.2) is 32.9 Å². The van der Waals surface area contributed by atoms with Crippen molar-refractivity contribution in [2.24, 2.45) is 0 Å². The third kappa shape index (κ3) is 3.14. The lowest BCUT2D eigenvalue weighted by Gasteiger charge is -2.10. The predicted molar refractivity (Wildman–Crippen MR) is 92.6 cm³/mol. The molecule has 3 aromatic rings. The summed E-state index contributed by atoms with van der Waals surface area (Å²) >= 11 is 1.17. The molecule has 0 saturated carbocycles. The van der Waals surface area contributed by atoms with Crippen LogP contribution in [0.3, 0.4) is 0 Å². The highest BCUT2D eigenvalue weighted by molar-refractivity contribution is 7.09. The van der Waals surface area contributed by atoms with Gasteiger partial charge in [0.05, 0.1) is 11.9 Å². The fourth-order valence-corrected chi connectivity index (χ4v) is 3.25. The minimum atomic E-state index is -2.53. The molecular weight excluding hydrogens is 346 g/mol. The van der Waals surface area contributed by atoms with Gasteiger partial charge >= 0.3 is 0 Å². The average Bonchev–Trinajstić information content (AvgIpc) is 3.22. The maximum absolute atomic E-state index is 12.5. The predicted octanol–water partition coefficient (Wildman–Crippen LogP) is 3.67. The molecule has 9 heteroatoms. The zero-order valence-corrected chi connectivity index (χ0v) is 14.1. The standard InChI is InChI=1S/C16H14F2N6S/c1-24-5-4-9-6-11(19-8-12(9)24)15-22-16(25-23-15)21-13-3-2-10(7-20-13)14(17)18/h2-3,6-8,14H,4-5H2,1H3,(H,20,21,22,23). The molecule has 128 valence electrons. The fourth-order valence-electron chi connectivity index (χ4n) is 2.66. The summed E-state index contributed by atoms with van der Waals surface area (Å²) in [5, 5.41) is 3.51. The second-order valence-corrected chi connectivity index (χ2v) is 6.45. The monoisotopic (exact) mass is 360 g/mol. The maximum atomic E-state index is 12.5. The number of hydrogen-bond donors (Lipinski definition) is 1. The van der Waals surface area contributed by atoms with Crippen LogP contribution >= 0.6 is 11.5 Å². The van der Waals surface area contributed by atoms with Crippen molar-refractivity contribution in [1.29, 1.82) is 0 Å². The minimum absolute atomic E-state index is 0.115. The van der Waals surface area contributed by atoms with Gasteiger partial charge in [-0.3, -0.25) is 4.98 Å². The first-order chi connectivity index (χ1) is 12.1. The molecule has 1 aliphatic heterocycles. The van der Waals surface area contributed by atoms with Crippen LogP contribution in [0, 0.1) is 0 Å². The Kier molecular flexibility index (Phi) is 4.00. The smallest absolute Gasteiger partial charge is 0.265 e. The molecule has 0 saturated heterocycles. The van der Waals surface area contributed by atoms with Gasteiger partial charge in [0.25, 0.3) is 6.43 Å². The van der Waals surface area contributed by atoms with Gasteiger partial charge in [0.15, 0.2) is 5.82 Å². The van der Waals surface area contributed by atoms with E-state index in [1.807, 2.05) is 19.3 Å². The Balaban J connectivity index is 1.52. The first-order valence-corrected chi connectivity index (χ1v) is 8.43. The highest BCUT2D eigenvalue weighted by Gasteiger charge is 2.18. The molecule has 0 unspecified atom stereocenters. The number of nitrogens with zero attached hydrogens (tertiary/aromatic N) is 5. The van der Waals surface area contributed by atoms with Crippen LogP contribution in [0.2, 0.25) is 0 Å². The molecular formula is C16H14F2N6S. The SMILES string of the molecule is CN1CCc2cc(-c3nsc(Nc4ccc(C(F)F)cn4)n3)ncc21. The van der Waals surface area contributed by atoms with Crippen LogP contribution in [-0.2, 0) is 6.42 Å². The van der Waals surface area contributed by atoms with E-state index in [9.17, 15) is 8.78 Å². The van der Waals surface area contributed by atoms with Crippen LogP contribution in [0.5, 0.6) is 0 Å². The van der Waals surface area contributed by atoms with Gasteiger partial charge in [0.2, 0.25) is 5.13 Å². The van der Waals surface area contributed by atoms with Crippen molar-refractivity contribution in [3.05, 3.63) is 41.7 Å². The number of aromatic nitrogens is 4. The Morgan fingerprint density at radius 2 is 2.12 bits per heavy atom. The highest BCUT2D eigenvalue weighted by atomic mass is 32.1.